The van der Waals surface area contributed by atoms with Gasteiger partial charge in [-0.3, -0.25) is 4.79 Å². The average Bonchev–Trinajstić information content (AvgIpc) is 2.49. The van der Waals surface area contributed by atoms with Gasteiger partial charge >= 0.3 is 5.97 Å². The minimum absolute atomic E-state index is 0.518. The van der Waals surface area contributed by atoms with E-state index in [1.165, 1.54) is 6.20 Å². The largest absolute Gasteiger partial charge is 0.481 e. The van der Waals surface area contributed by atoms with Crippen molar-refractivity contribution in [2.24, 2.45) is 15.9 Å². The predicted octanol–water partition coefficient (Wildman–Crippen LogP) is 0.624. The summed E-state index contributed by atoms with van der Waals surface area (Å²) in [5, 5.41) is 8.78. The molecule has 0 aromatic carbocycles. The molecule has 0 fully saturated rings. The molecule has 2 aliphatic heterocycles. The fourth-order valence-corrected chi connectivity index (χ4v) is 1.21. The van der Waals surface area contributed by atoms with E-state index in [0.717, 1.165) is 0 Å². The highest BCUT2D eigenvalue weighted by Crippen LogP contribution is 2.22. The first-order valence-electron chi connectivity index (χ1n) is 3.51. The second-order valence-corrected chi connectivity index (χ2v) is 2.51. The molecule has 0 bridgehead atoms. The second-order valence-electron chi connectivity index (χ2n) is 2.51. The molecule has 0 spiro atoms. The number of carboxylic acids is 1. The number of hydrogen-bond donors (Lipinski definition) is 1. The predicted molar refractivity (Wildman–Crippen MR) is 44.3 cm³/mol. The molecule has 0 radical (unpaired) electrons. The molecule has 1 N–H and O–H groups in total. The topological polar surface area (TPSA) is 62.0 Å². The molecule has 0 saturated carbocycles. The fourth-order valence-electron chi connectivity index (χ4n) is 1.21. The summed E-state index contributed by atoms with van der Waals surface area (Å²) in [6.45, 7) is 0. The standard InChI is InChI=1S/C8H6N2O2/c11-8(12)6-2-4-10-7-5(6)1-3-9-7/h1-4,6H,(H,11,12)/t6-/m0/s1. The molecule has 4 heteroatoms. The molecule has 2 aliphatic rings. The molecule has 0 aromatic heterocycles. The van der Waals surface area contributed by atoms with Crippen LogP contribution in [-0.4, -0.2) is 23.1 Å². The average molecular weight is 162 g/mol. The highest BCUT2D eigenvalue weighted by molar-refractivity contribution is 6.14. The van der Waals surface area contributed by atoms with Crippen molar-refractivity contribution < 1.29 is 9.90 Å². The van der Waals surface area contributed by atoms with Gasteiger partial charge in [0.1, 0.15) is 5.92 Å². The molecule has 0 unspecified atom stereocenters. The Morgan fingerprint density at radius 2 is 2.42 bits per heavy atom. The summed E-state index contributed by atoms with van der Waals surface area (Å²) in [6.07, 6.45) is 6.28. The van der Waals surface area contributed by atoms with Crippen molar-refractivity contribution in [3.8, 4) is 0 Å². The quantitative estimate of drug-likeness (QED) is 0.614. The van der Waals surface area contributed by atoms with E-state index < -0.39 is 11.9 Å². The number of hydrogen-bond acceptors (Lipinski definition) is 3. The molecular formula is C8H6N2O2. The molecule has 0 amide bonds. The minimum Gasteiger partial charge on any atom is -0.481 e. The lowest BCUT2D eigenvalue weighted by atomic mass is 9.97. The van der Waals surface area contributed by atoms with Gasteiger partial charge in [0.15, 0.2) is 5.84 Å². The molecule has 0 aliphatic carbocycles. The summed E-state index contributed by atoms with van der Waals surface area (Å²) in [7, 11) is 0. The van der Waals surface area contributed by atoms with E-state index in [4.69, 9.17) is 5.11 Å². The van der Waals surface area contributed by atoms with E-state index in [0.29, 0.717) is 11.4 Å². The first-order valence-corrected chi connectivity index (χ1v) is 3.51. The zero-order valence-corrected chi connectivity index (χ0v) is 6.14. The number of nitrogens with zero attached hydrogens (tertiary/aromatic N) is 2. The molecule has 60 valence electrons. The summed E-state index contributed by atoms with van der Waals surface area (Å²) < 4.78 is 0. The van der Waals surface area contributed by atoms with Crippen LogP contribution in [0.4, 0.5) is 0 Å². The summed E-state index contributed by atoms with van der Waals surface area (Å²) in [5.74, 6) is -0.930. The number of rotatable bonds is 1. The van der Waals surface area contributed by atoms with Crippen LogP contribution < -0.4 is 0 Å². The number of carbonyl (C=O) groups is 1. The Morgan fingerprint density at radius 3 is 3.17 bits per heavy atom. The highest BCUT2D eigenvalue weighted by Gasteiger charge is 2.26. The zero-order chi connectivity index (χ0) is 8.55. The van der Waals surface area contributed by atoms with Gasteiger partial charge in [-0.15, -0.1) is 0 Å². The van der Waals surface area contributed by atoms with Gasteiger partial charge in [0.2, 0.25) is 0 Å². The molecule has 1 atom stereocenters. The van der Waals surface area contributed by atoms with E-state index in [1.807, 2.05) is 0 Å². The number of amidine groups is 1. The molecule has 2 rings (SSSR count). The van der Waals surface area contributed by atoms with Crippen molar-refractivity contribution >= 4 is 18.0 Å². The fraction of sp³-hybridized carbons (Fsp3) is 0.125. The van der Waals surface area contributed by atoms with Crippen LogP contribution in [0.5, 0.6) is 0 Å². The Balaban J connectivity index is 2.39. The summed E-state index contributed by atoms with van der Waals surface area (Å²) in [5.41, 5.74) is 0.671. The molecular weight excluding hydrogens is 156 g/mol. The molecule has 12 heavy (non-hydrogen) atoms. The SMILES string of the molecule is O=C(O)[C@H]1C=CN=C2N=CC=C21. The maximum atomic E-state index is 10.7. The molecule has 4 nitrogen and oxygen atoms in total. The van der Waals surface area contributed by atoms with Gasteiger partial charge < -0.3 is 5.11 Å². The van der Waals surface area contributed by atoms with Crippen LogP contribution in [0.3, 0.4) is 0 Å². The summed E-state index contributed by atoms with van der Waals surface area (Å²) in [6, 6.07) is 0. The first kappa shape index (κ1) is 6.97. The lowest BCUT2D eigenvalue weighted by molar-refractivity contribution is -0.138. The van der Waals surface area contributed by atoms with Gasteiger partial charge in [-0.25, -0.2) is 9.98 Å². The number of aliphatic imine (C=N–C) groups is 2. The normalized spacial score (nSPS) is 24.8. The Labute approximate surface area is 68.6 Å². The summed E-state index contributed by atoms with van der Waals surface area (Å²) >= 11 is 0. The van der Waals surface area contributed by atoms with Crippen LogP contribution in [-0.2, 0) is 4.79 Å². The van der Waals surface area contributed by atoms with Crippen LogP contribution in [0.25, 0.3) is 0 Å². The number of allylic oxidation sites excluding steroid dienone is 1. The third-order valence-electron chi connectivity index (χ3n) is 1.79. The lowest BCUT2D eigenvalue weighted by Gasteiger charge is -2.11. The van der Waals surface area contributed by atoms with Crippen molar-refractivity contribution in [3.63, 3.8) is 0 Å². The van der Waals surface area contributed by atoms with Crippen LogP contribution in [0.2, 0.25) is 0 Å². The molecule has 0 saturated heterocycles. The Kier molecular flexibility index (Phi) is 1.40. The maximum Gasteiger partial charge on any atom is 0.315 e. The Morgan fingerprint density at radius 1 is 1.58 bits per heavy atom. The molecule has 2 heterocycles. The van der Waals surface area contributed by atoms with Gasteiger partial charge in [0.25, 0.3) is 0 Å². The Bertz CT molecular complexity index is 350. The van der Waals surface area contributed by atoms with Crippen molar-refractivity contribution in [1.82, 2.24) is 0 Å². The van der Waals surface area contributed by atoms with Gasteiger partial charge in [-0.2, -0.15) is 0 Å². The smallest absolute Gasteiger partial charge is 0.315 e. The highest BCUT2D eigenvalue weighted by atomic mass is 16.4. The van der Waals surface area contributed by atoms with E-state index in [-0.39, 0.29) is 0 Å². The number of carboxylic acid groups (broad SMARTS) is 1. The monoisotopic (exact) mass is 162 g/mol. The van der Waals surface area contributed by atoms with E-state index in [2.05, 4.69) is 9.98 Å². The van der Waals surface area contributed by atoms with E-state index >= 15 is 0 Å². The maximum absolute atomic E-state index is 10.7. The van der Waals surface area contributed by atoms with E-state index in [1.54, 1.807) is 18.4 Å². The third kappa shape index (κ3) is 0.887. The number of aliphatic carboxylic acids is 1. The minimum atomic E-state index is -0.865. The van der Waals surface area contributed by atoms with Crippen LogP contribution in [0.1, 0.15) is 0 Å². The second kappa shape index (κ2) is 2.41. The van der Waals surface area contributed by atoms with Crippen LogP contribution in [0, 0.1) is 5.92 Å². The van der Waals surface area contributed by atoms with Crippen molar-refractivity contribution in [3.05, 3.63) is 23.9 Å². The molecule has 0 aromatic rings. The van der Waals surface area contributed by atoms with Gasteiger partial charge in [-0.05, 0) is 12.2 Å². The van der Waals surface area contributed by atoms with Crippen molar-refractivity contribution in [2.45, 2.75) is 0 Å². The van der Waals surface area contributed by atoms with Gasteiger partial charge in [0.05, 0.1) is 0 Å². The number of fused-ring (bicyclic) bond motifs is 1. The summed E-state index contributed by atoms with van der Waals surface area (Å²) in [4.78, 5) is 18.5. The Hall–Kier alpha value is -1.71. The van der Waals surface area contributed by atoms with Crippen LogP contribution in [0.15, 0.2) is 33.9 Å². The zero-order valence-electron chi connectivity index (χ0n) is 6.14. The van der Waals surface area contributed by atoms with Gasteiger partial charge in [0, 0.05) is 18.0 Å². The van der Waals surface area contributed by atoms with E-state index in [9.17, 15) is 4.79 Å². The lowest BCUT2D eigenvalue weighted by Crippen LogP contribution is -2.19. The van der Waals surface area contributed by atoms with Crippen molar-refractivity contribution in [1.29, 1.82) is 0 Å². The first-order chi connectivity index (χ1) is 5.79. The van der Waals surface area contributed by atoms with Crippen molar-refractivity contribution in [2.75, 3.05) is 0 Å². The van der Waals surface area contributed by atoms with Crippen LogP contribution >= 0.6 is 0 Å². The van der Waals surface area contributed by atoms with Gasteiger partial charge in [-0.1, -0.05) is 0 Å². The third-order valence-corrected chi connectivity index (χ3v) is 1.79.